The van der Waals surface area contributed by atoms with E-state index in [1.54, 1.807) is 36.4 Å². The SMILES string of the molecule is O=C(CNC(=O)c1ccccc1I)N/N=C/c1cccc(OC(=O)c2sc3ccccc3c2Cl)c1. The summed E-state index contributed by atoms with van der Waals surface area (Å²) in [6.45, 7) is -0.227. The second-order valence-corrected chi connectivity index (χ2v) is 9.75. The van der Waals surface area contributed by atoms with Crippen molar-refractivity contribution in [3.05, 3.63) is 97.4 Å². The van der Waals surface area contributed by atoms with Gasteiger partial charge in [0.25, 0.3) is 11.8 Å². The molecule has 10 heteroatoms. The number of carbonyl (C=O) groups excluding carboxylic acids is 3. The highest BCUT2D eigenvalue weighted by Gasteiger charge is 2.19. The van der Waals surface area contributed by atoms with E-state index in [0.717, 1.165) is 13.7 Å². The minimum absolute atomic E-state index is 0.227. The minimum atomic E-state index is -0.553. The van der Waals surface area contributed by atoms with Crippen LogP contribution in [0.1, 0.15) is 25.6 Å². The molecule has 1 aromatic heterocycles. The standard InChI is InChI=1S/C25H17ClIN3O4S/c26-22-18-9-2-4-11-20(18)35-23(22)25(33)34-16-7-5-6-15(12-16)13-29-30-21(31)14-28-24(32)17-8-1-3-10-19(17)27/h1-13H,14H2,(H,28,32)(H,30,31)/b29-13+. The quantitative estimate of drug-likeness (QED) is 0.0973. The monoisotopic (exact) mass is 617 g/mol. The maximum Gasteiger partial charge on any atom is 0.355 e. The van der Waals surface area contributed by atoms with Crippen LogP contribution in [0.25, 0.3) is 10.1 Å². The molecule has 7 nitrogen and oxygen atoms in total. The van der Waals surface area contributed by atoms with E-state index in [0.29, 0.717) is 26.8 Å². The van der Waals surface area contributed by atoms with E-state index in [-0.39, 0.29) is 12.5 Å². The lowest BCUT2D eigenvalue weighted by atomic mass is 10.2. The molecule has 0 radical (unpaired) electrons. The lowest BCUT2D eigenvalue weighted by molar-refractivity contribution is -0.120. The average molecular weight is 618 g/mol. The van der Waals surface area contributed by atoms with Crippen LogP contribution < -0.4 is 15.5 Å². The molecule has 0 aliphatic rings. The van der Waals surface area contributed by atoms with Gasteiger partial charge in [-0.25, -0.2) is 10.2 Å². The molecule has 0 saturated carbocycles. The molecule has 0 unspecified atom stereocenters. The van der Waals surface area contributed by atoms with Gasteiger partial charge < -0.3 is 10.1 Å². The van der Waals surface area contributed by atoms with Crippen molar-refractivity contribution in [2.45, 2.75) is 0 Å². The summed E-state index contributed by atoms with van der Waals surface area (Å²) in [5.41, 5.74) is 3.44. The third kappa shape index (κ3) is 6.24. The first-order valence-electron chi connectivity index (χ1n) is 10.3. The summed E-state index contributed by atoms with van der Waals surface area (Å²) in [6.07, 6.45) is 1.41. The number of ether oxygens (including phenoxy) is 1. The first-order chi connectivity index (χ1) is 16.9. The highest BCUT2D eigenvalue weighted by Crippen LogP contribution is 2.35. The highest BCUT2D eigenvalue weighted by molar-refractivity contribution is 14.1. The lowest BCUT2D eigenvalue weighted by Gasteiger charge is -2.06. The third-order valence-electron chi connectivity index (χ3n) is 4.72. The van der Waals surface area contributed by atoms with Crippen molar-refractivity contribution in [2.75, 3.05) is 6.54 Å². The Hall–Kier alpha value is -3.28. The summed E-state index contributed by atoms with van der Waals surface area (Å²) in [5.74, 6) is -1.07. The Morgan fingerprint density at radius 1 is 1.03 bits per heavy atom. The molecule has 0 bridgehead atoms. The molecule has 2 N–H and O–H groups in total. The molecule has 35 heavy (non-hydrogen) atoms. The molecule has 0 aliphatic heterocycles. The summed E-state index contributed by atoms with van der Waals surface area (Å²) >= 11 is 9.68. The Bertz CT molecular complexity index is 1450. The van der Waals surface area contributed by atoms with Gasteiger partial charge >= 0.3 is 5.97 Å². The van der Waals surface area contributed by atoms with E-state index in [2.05, 4.69) is 38.4 Å². The number of fused-ring (bicyclic) bond motifs is 1. The van der Waals surface area contributed by atoms with E-state index in [1.165, 1.54) is 17.6 Å². The normalized spacial score (nSPS) is 10.9. The zero-order valence-corrected chi connectivity index (χ0v) is 21.7. The number of nitrogens with one attached hydrogen (secondary N) is 2. The number of rotatable bonds is 7. The van der Waals surface area contributed by atoms with Crippen LogP contribution in [0.4, 0.5) is 0 Å². The van der Waals surface area contributed by atoms with Gasteiger partial charge in [-0.1, -0.05) is 54.1 Å². The summed E-state index contributed by atoms with van der Waals surface area (Å²) in [6, 6.07) is 21.2. The number of hydrogen-bond donors (Lipinski definition) is 2. The Kier molecular flexibility index (Phi) is 8.11. The first-order valence-corrected chi connectivity index (χ1v) is 12.5. The molecule has 0 aliphatic carbocycles. The Morgan fingerprint density at radius 3 is 2.60 bits per heavy atom. The summed E-state index contributed by atoms with van der Waals surface area (Å²) in [7, 11) is 0. The van der Waals surface area contributed by atoms with Crippen molar-refractivity contribution >= 4 is 79.6 Å². The maximum absolute atomic E-state index is 12.6. The maximum atomic E-state index is 12.6. The van der Waals surface area contributed by atoms with E-state index < -0.39 is 11.9 Å². The van der Waals surface area contributed by atoms with Gasteiger partial charge in [0.15, 0.2) is 0 Å². The fourth-order valence-electron chi connectivity index (χ4n) is 3.08. The zero-order valence-electron chi connectivity index (χ0n) is 18.0. The second-order valence-electron chi connectivity index (χ2n) is 7.16. The first kappa shape index (κ1) is 24.8. The smallest absolute Gasteiger partial charge is 0.355 e. The van der Waals surface area contributed by atoms with Crippen molar-refractivity contribution in [3.8, 4) is 5.75 Å². The Morgan fingerprint density at radius 2 is 1.80 bits per heavy atom. The van der Waals surface area contributed by atoms with Gasteiger partial charge in [-0.15, -0.1) is 11.3 Å². The van der Waals surface area contributed by atoms with Crippen molar-refractivity contribution in [1.29, 1.82) is 0 Å². The molecular formula is C25H17ClIN3O4S. The number of hydrazone groups is 1. The molecule has 176 valence electrons. The topological polar surface area (TPSA) is 96.9 Å². The highest BCUT2D eigenvalue weighted by atomic mass is 127. The van der Waals surface area contributed by atoms with Crippen LogP contribution in [0.2, 0.25) is 5.02 Å². The van der Waals surface area contributed by atoms with Crippen LogP contribution in [-0.4, -0.2) is 30.5 Å². The van der Waals surface area contributed by atoms with Crippen LogP contribution in [0.15, 0.2) is 77.9 Å². The van der Waals surface area contributed by atoms with Crippen molar-refractivity contribution < 1.29 is 19.1 Å². The molecule has 4 rings (SSSR count). The fourth-order valence-corrected chi connectivity index (χ4v) is 5.09. The van der Waals surface area contributed by atoms with E-state index >= 15 is 0 Å². The number of amides is 2. The number of hydrogen-bond acceptors (Lipinski definition) is 6. The largest absolute Gasteiger partial charge is 0.422 e. The van der Waals surface area contributed by atoms with Gasteiger partial charge in [-0.05, 0) is 58.5 Å². The molecule has 0 atom stereocenters. The molecule has 4 aromatic rings. The zero-order chi connectivity index (χ0) is 24.8. The summed E-state index contributed by atoms with van der Waals surface area (Å²) < 4.78 is 7.17. The summed E-state index contributed by atoms with van der Waals surface area (Å²) in [5, 5.41) is 7.61. The van der Waals surface area contributed by atoms with E-state index in [4.69, 9.17) is 16.3 Å². The molecule has 0 spiro atoms. The van der Waals surface area contributed by atoms with Gasteiger partial charge in [0.1, 0.15) is 10.6 Å². The Balaban J connectivity index is 1.32. The number of esters is 1. The lowest BCUT2D eigenvalue weighted by Crippen LogP contribution is -2.35. The van der Waals surface area contributed by atoms with Crippen LogP contribution in [0, 0.1) is 3.57 Å². The van der Waals surface area contributed by atoms with Crippen LogP contribution in [0.3, 0.4) is 0 Å². The predicted molar refractivity (Wildman–Crippen MR) is 145 cm³/mol. The summed E-state index contributed by atoms with van der Waals surface area (Å²) in [4.78, 5) is 37.2. The number of benzene rings is 3. The van der Waals surface area contributed by atoms with Crippen LogP contribution in [0.5, 0.6) is 5.75 Å². The van der Waals surface area contributed by atoms with Crippen molar-refractivity contribution in [1.82, 2.24) is 10.7 Å². The van der Waals surface area contributed by atoms with Crippen molar-refractivity contribution in [3.63, 3.8) is 0 Å². The Labute approximate surface area is 223 Å². The fraction of sp³-hybridized carbons (Fsp3) is 0.0400. The van der Waals surface area contributed by atoms with Gasteiger partial charge in [0.05, 0.1) is 23.3 Å². The molecule has 2 amide bonds. The second kappa shape index (κ2) is 11.4. The third-order valence-corrected chi connectivity index (χ3v) is 7.32. The van der Waals surface area contributed by atoms with E-state index in [9.17, 15) is 14.4 Å². The molecule has 0 fully saturated rings. The molecule has 0 saturated heterocycles. The average Bonchev–Trinajstić information content (AvgIpc) is 3.20. The van der Waals surface area contributed by atoms with E-state index in [1.807, 2.05) is 36.4 Å². The minimum Gasteiger partial charge on any atom is -0.422 e. The van der Waals surface area contributed by atoms with Gasteiger partial charge in [0, 0.05) is 13.7 Å². The number of thiophene rings is 1. The molecular weight excluding hydrogens is 601 g/mol. The number of halogens is 2. The molecule has 1 heterocycles. The van der Waals surface area contributed by atoms with Crippen molar-refractivity contribution in [2.24, 2.45) is 5.10 Å². The number of carbonyl (C=O) groups is 3. The van der Waals surface area contributed by atoms with Crippen LogP contribution >= 0.6 is 45.5 Å². The molecule has 3 aromatic carbocycles. The van der Waals surface area contributed by atoms with Gasteiger partial charge in [-0.2, -0.15) is 5.10 Å². The van der Waals surface area contributed by atoms with Gasteiger partial charge in [0.2, 0.25) is 0 Å². The van der Waals surface area contributed by atoms with Gasteiger partial charge in [-0.3, -0.25) is 9.59 Å². The predicted octanol–water partition coefficient (Wildman–Crippen LogP) is 5.26. The number of nitrogens with zero attached hydrogens (tertiary/aromatic N) is 1. The van der Waals surface area contributed by atoms with Crippen LogP contribution in [-0.2, 0) is 4.79 Å².